The quantitative estimate of drug-likeness (QED) is 0.892. The zero-order valence-corrected chi connectivity index (χ0v) is 11.9. The van der Waals surface area contributed by atoms with Gasteiger partial charge in [0.05, 0.1) is 23.8 Å². The Hall–Kier alpha value is -1.66. The number of carbonyl (C=O) groups is 2. The van der Waals surface area contributed by atoms with E-state index in [-0.39, 0.29) is 16.8 Å². The molecule has 2 rings (SSSR count). The Morgan fingerprint density at radius 2 is 2.15 bits per heavy atom. The van der Waals surface area contributed by atoms with Gasteiger partial charge in [-0.1, -0.05) is 11.6 Å². The molecule has 0 aromatic carbocycles. The Kier molecular flexibility index (Phi) is 4.92. The fourth-order valence-electron chi connectivity index (χ4n) is 1.95. The summed E-state index contributed by atoms with van der Waals surface area (Å²) in [6.45, 7) is 3.82. The Morgan fingerprint density at radius 3 is 2.80 bits per heavy atom. The van der Waals surface area contributed by atoms with Gasteiger partial charge >= 0.3 is 0 Å². The number of amides is 2. The van der Waals surface area contributed by atoms with Gasteiger partial charge in [0.25, 0.3) is 5.91 Å². The first kappa shape index (κ1) is 14.7. The summed E-state index contributed by atoms with van der Waals surface area (Å²) in [4.78, 5) is 29.7. The van der Waals surface area contributed by atoms with E-state index in [1.54, 1.807) is 11.8 Å². The molecule has 1 aliphatic rings. The topological polar surface area (TPSA) is 71.5 Å². The van der Waals surface area contributed by atoms with Gasteiger partial charge in [0, 0.05) is 25.5 Å². The molecular formula is C13H16ClN3O3. The molecule has 1 N–H and O–H groups in total. The zero-order valence-electron chi connectivity index (χ0n) is 11.1. The number of halogens is 1. The number of ether oxygens (including phenoxy) is 1. The monoisotopic (exact) mass is 297 g/mol. The summed E-state index contributed by atoms with van der Waals surface area (Å²) >= 11 is 5.90. The third kappa shape index (κ3) is 3.46. The number of nitrogens with zero attached hydrogens (tertiary/aromatic N) is 2. The third-order valence-electron chi connectivity index (χ3n) is 3.06. The third-order valence-corrected chi connectivity index (χ3v) is 3.36. The summed E-state index contributed by atoms with van der Waals surface area (Å²) in [7, 11) is 0. The van der Waals surface area contributed by atoms with Gasteiger partial charge < -0.3 is 15.0 Å². The van der Waals surface area contributed by atoms with Crippen LogP contribution in [0.15, 0.2) is 18.5 Å². The second-order valence-corrected chi connectivity index (χ2v) is 4.90. The van der Waals surface area contributed by atoms with Crippen molar-refractivity contribution in [2.24, 2.45) is 0 Å². The number of rotatable bonds is 3. The van der Waals surface area contributed by atoms with Gasteiger partial charge in [-0.3, -0.25) is 14.6 Å². The van der Waals surface area contributed by atoms with Crippen LogP contribution in [0.2, 0.25) is 5.02 Å². The SMILES string of the molecule is CC(NC(=O)c1ccncc1Cl)C(=O)N1CCOCC1. The second kappa shape index (κ2) is 6.67. The van der Waals surface area contributed by atoms with Crippen LogP contribution in [0.3, 0.4) is 0 Å². The van der Waals surface area contributed by atoms with Gasteiger partial charge in [-0.15, -0.1) is 0 Å². The molecule has 1 saturated heterocycles. The number of carbonyl (C=O) groups excluding carboxylic acids is 2. The fourth-order valence-corrected chi connectivity index (χ4v) is 2.16. The van der Waals surface area contributed by atoms with E-state index in [4.69, 9.17) is 16.3 Å². The summed E-state index contributed by atoms with van der Waals surface area (Å²) in [5.74, 6) is -0.502. The number of nitrogens with one attached hydrogen (secondary N) is 1. The molecule has 1 aromatic heterocycles. The summed E-state index contributed by atoms with van der Waals surface area (Å²) < 4.78 is 5.19. The highest BCUT2D eigenvalue weighted by Crippen LogP contribution is 2.13. The molecule has 2 amide bonds. The first-order chi connectivity index (χ1) is 9.59. The average molecular weight is 298 g/mol. The van der Waals surface area contributed by atoms with Gasteiger partial charge in [0.2, 0.25) is 5.91 Å². The van der Waals surface area contributed by atoms with E-state index in [9.17, 15) is 9.59 Å². The van der Waals surface area contributed by atoms with Crippen LogP contribution in [0.25, 0.3) is 0 Å². The van der Waals surface area contributed by atoms with Crippen molar-refractivity contribution in [2.75, 3.05) is 26.3 Å². The highest BCUT2D eigenvalue weighted by atomic mass is 35.5. The van der Waals surface area contributed by atoms with Gasteiger partial charge in [-0.25, -0.2) is 0 Å². The number of hydrogen-bond donors (Lipinski definition) is 1. The van der Waals surface area contributed by atoms with Crippen molar-refractivity contribution in [1.29, 1.82) is 0 Å². The number of pyridine rings is 1. The standard InChI is InChI=1S/C13H16ClN3O3/c1-9(13(19)17-4-6-20-7-5-17)16-12(18)10-2-3-15-8-11(10)14/h2-3,8-9H,4-7H2,1H3,(H,16,18). The molecule has 0 radical (unpaired) electrons. The minimum Gasteiger partial charge on any atom is -0.378 e. The summed E-state index contributed by atoms with van der Waals surface area (Å²) in [5.41, 5.74) is 0.309. The Labute approximate surface area is 122 Å². The lowest BCUT2D eigenvalue weighted by atomic mass is 10.2. The minimum absolute atomic E-state index is 0.119. The van der Waals surface area contributed by atoms with E-state index in [1.807, 2.05) is 0 Å². The first-order valence-electron chi connectivity index (χ1n) is 6.36. The smallest absolute Gasteiger partial charge is 0.253 e. The van der Waals surface area contributed by atoms with Crippen molar-refractivity contribution in [3.05, 3.63) is 29.0 Å². The number of morpholine rings is 1. The van der Waals surface area contributed by atoms with Gasteiger partial charge in [-0.2, -0.15) is 0 Å². The normalized spacial score (nSPS) is 16.6. The van der Waals surface area contributed by atoms with E-state index in [0.29, 0.717) is 31.9 Å². The van der Waals surface area contributed by atoms with Crippen LogP contribution in [-0.4, -0.2) is 54.0 Å². The van der Waals surface area contributed by atoms with Crippen LogP contribution < -0.4 is 5.32 Å². The summed E-state index contributed by atoms with van der Waals surface area (Å²) in [6, 6.07) is 0.911. The fraction of sp³-hybridized carbons (Fsp3) is 0.462. The molecule has 0 bridgehead atoms. The van der Waals surface area contributed by atoms with Gasteiger partial charge in [-0.05, 0) is 13.0 Å². The van der Waals surface area contributed by atoms with Crippen molar-refractivity contribution < 1.29 is 14.3 Å². The van der Waals surface area contributed by atoms with Crippen molar-refractivity contribution in [1.82, 2.24) is 15.2 Å². The molecule has 108 valence electrons. The predicted molar refractivity (Wildman–Crippen MR) is 73.6 cm³/mol. The average Bonchev–Trinajstić information content (AvgIpc) is 2.47. The largest absolute Gasteiger partial charge is 0.378 e. The van der Waals surface area contributed by atoms with Crippen molar-refractivity contribution in [3.8, 4) is 0 Å². The zero-order chi connectivity index (χ0) is 14.5. The maximum absolute atomic E-state index is 12.2. The van der Waals surface area contributed by atoms with Crippen LogP contribution in [-0.2, 0) is 9.53 Å². The predicted octanol–water partition coefficient (Wildman–Crippen LogP) is 0.712. The lowest BCUT2D eigenvalue weighted by molar-refractivity contribution is -0.136. The van der Waals surface area contributed by atoms with Gasteiger partial charge in [0.1, 0.15) is 6.04 Å². The van der Waals surface area contributed by atoms with Crippen LogP contribution in [0.4, 0.5) is 0 Å². The molecule has 7 heteroatoms. The molecule has 1 aliphatic heterocycles. The summed E-state index contributed by atoms with van der Waals surface area (Å²) in [6.07, 6.45) is 2.88. The molecule has 1 fully saturated rings. The van der Waals surface area contributed by atoms with E-state index in [1.165, 1.54) is 18.5 Å². The van der Waals surface area contributed by atoms with E-state index < -0.39 is 6.04 Å². The molecule has 0 saturated carbocycles. The van der Waals surface area contributed by atoms with Crippen molar-refractivity contribution >= 4 is 23.4 Å². The number of aromatic nitrogens is 1. The maximum atomic E-state index is 12.2. The second-order valence-electron chi connectivity index (χ2n) is 4.49. The van der Waals surface area contributed by atoms with Crippen LogP contribution >= 0.6 is 11.6 Å². The molecule has 1 unspecified atom stereocenters. The molecule has 0 spiro atoms. The van der Waals surface area contributed by atoms with Gasteiger partial charge in [0.15, 0.2) is 0 Å². The number of hydrogen-bond acceptors (Lipinski definition) is 4. The van der Waals surface area contributed by atoms with E-state index >= 15 is 0 Å². The minimum atomic E-state index is -0.607. The highest BCUT2D eigenvalue weighted by Gasteiger charge is 2.24. The van der Waals surface area contributed by atoms with E-state index in [0.717, 1.165) is 0 Å². The van der Waals surface area contributed by atoms with E-state index in [2.05, 4.69) is 10.3 Å². The van der Waals surface area contributed by atoms with Crippen LogP contribution in [0.5, 0.6) is 0 Å². The lowest BCUT2D eigenvalue weighted by Gasteiger charge is -2.29. The molecule has 1 aromatic rings. The van der Waals surface area contributed by atoms with Crippen LogP contribution in [0, 0.1) is 0 Å². The lowest BCUT2D eigenvalue weighted by Crippen LogP contribution is -2.50. The molecule has 6 nitrogen and oxygen atoms in total. The first-order valence-corrected chi connectivity index (χ1v) is 6.74. The molecular weight excluding hydrogens is 282 g/mol. The summed E-state index contributed by atoms with van der Waals surface area (Å²) in [5, 5.41) is 2.91. The molecule has 20 heavy (non-hydrogen) atoms. The maximum Gasteiger partial charge on any atom is 0.253 e. The molecule has 0 aliphatic carbocycles. The Balaban J connectivity index is 1.97. The van der Waals surface area contributed by atoms with Crippen LogP contribution in [0.1, 0.15) is 17.3 Å². The Morgan fingerprint density at radius 1 is 1.45 bits per heavy atom. The molecule has 2 heterocycles. The van der Waals surface area contributed by atoms with Crippen molar-refractivity contribution in [3.63, 3.8) is 0 Å². The van der Waals surface area contributed by atoms with Crippen molar-refractivity contribution in [2.45, 2.75) is 13.0 Å². The molecule has 1 atom stereocenters. The Bertz CT molecular complexity index is 503. The highest BCUT2D eigenvalue weighted by molar-refractivity contribution is 6.33.